The van der Waals surface area contributed by atoms with E-state index in [-0.39, 0.29) is 0 Å². The van der Waals surface area contributed by atoms with Gasteiger partial charge in [0, 0.05) is 22.3 Å². The minimum atomic E-state index is -2.87. The third-order valence-electron chi connectivity index (χ3n) is 6.11. The minimum Gasteiger partial charge on any atom is -0.260 e. The molecule has 0 rings (SSSR count). The molecule has 31 heavy (non-hydrogen) atoms. The van der Waals surface area contributed by atoms with Crippen molar-refractivity contribution in [1.29, 1.82) is 0 Å². The zero-order valence-electron chi connectivity index (χ0n) is 21.0. The molecular formula is C26H54O3S2. The van der Waals surface area contributed by atoms with Crippen molar-refractivity contribution in [3.63, 3.8) is 0 Å². The normalized spacial score (nSPS) is 13.0. The lowest BCUT2D eigenvalue weighted by molar-refractivity contribution is 0.569. The SMILES string of the molecule is CCCCCCCCCCS(=O)CCCCCCS(=O)(=O)CCCCCCCCCC. The molecule has 3 nitrogen and oxygen atoms in total. The molecule has 1 unspecified atom stereocenters. The number of rotatable bonds is 25. The monoisotopic (exact) mass is 478 g/mol. The zero-order valence-corrected chi connectivity index (χ0v) is 22.6. The van der Waals surface area contributed by atoms with Crippen molar-refractivity contribution >= 4 is 20.6 Å². The van der Waals surface area contributed by atoms with Crippen LogP contribution >= 0.6 is 0 Å². The van der Waals surface area contributed by atoms with E-state index in [9.17, 15) is 12.6 Å². The Hall–Kier alpha value is 0.1000. The first kappa shape index (κ1) is 31.1. The molecule has 0 aliphatic rings. The molecule has 1 atom stereocenters. The highest BCUT2D eigenvalue weighted by molar-refractivity contribution is 7.91. The van der Waals surface area contributed by atoms with Crippen LogP contribution in [0.2, 0.25) is 0 Å². The lowest BCUT2D eigenvalue weighted by Crippen LogP contribution is -2.11. The molecule has 0 saturated heterocycles. The third-order valence-corrected chi connectivity index (χ3v) is 9.42. The van der Waals surface area contributed by atoms with E-state index in [2.05, 4.69) is 13.8 Å². The van der Waals surface area contributed by atoms with Crippen LogP contribution in [-0.4, -0.2) is 35.6 Å². The molecule has 188 valence electrons. The van der Waals surface area contributed by atoms with Gasteiger partial charge in [-0.05, 0) is 25.7 Å². The average Bonchev–Trinajstić information content (AvgIpc) is 2.74. The van der Waals surface area contributed by atoms with Crippen LogP contribution in [0, 0.1) is 0 Å². The van der Waals surface area contributed by atoms with E-state index >= 15 is 0 Å². The Labute approximate surface area is 198 Å². The van der Waals surface area contributed by atoms with Gasteiger partial charge < -0.3 is 0 Å². The van der Waals surface area contributed by atoms with E-state index in [1.54, 1.807) is 0 Å². The van der Waals surface area contributed by atoms with Crippen LogP contribution in [0.25, 0.3) is 0 Å². The summed E-state index contributed by atoms with van der Waals surface area (Å²) in [4.78, 5) is 0. The van der Waals surface area contributed by atoms with E-state index in [1.807, 2.05) is 0 Å². The van der Waals surface area contributed by atoms with Gasteiger partial charge >= 0.3 is 0 Å². The Bertz CT molecular complexity index is 489. The van der Waals surface area contributed by atoms with Crippen LogP contribution in [-0.2, 0) is 20.6 Å². The van der Waals surface area contributed by atoms with Crippen molar-refractivity contribution < 1.29 is 12.6 Å². The number of unbranched alkanes of at least 4 members (excludes halogenated alkanes) is 17. The molecule has 0 aliphatic heterocycles. The van der Waals surface area contributed by atoms with Crippen molar-refractivity contribution in [3.8, 4) is 0 Å². The first-order chi connectivity index (χ1) is 15.0. The van der Waals surface area contributed by atoms with Crippen molar-refractivity contribution in [1.82, 2.24) is 0 Å². The predicted molar refractivity (Wildman–Crippen MR) is 140 cm³/mol. The lowest BCUT2D eigenvalue weighted by atomic mass is 10.1. The summed E-state index contributed by atoms with van der Waals surface area (Å²) in [6.07, 6.45) is 23.5. The summed E-state index contributed by atoms with van der Waals surface area (Å²) >= 11 is 0. The standard InChI is InChI=1S/C26H54O3S2/c1-3-5-7-9-11-13-15-19-23-30(27)24-20-16-18-22-26-31(28,29)25-21-17-14-12-10-8-6-4-2/h3-26H2,1-2H3. The molecule has 0 N–H and O–H groups in total. The van der Waals surface area contributed by atoms with Crippen molar-refractivity contribution in [3.05, 3.63) is 0 Å². The Kier molecular flexibility index (Phi) is 23.3. The van der Waals surface area contributed by atoms with Crippen molar-refractivity contribution in [2.24, 2.45) is 0 Å². The summed E-state index contributed by atoms with van der Waals surface area (Å²) < 4.78 is 36.4. The third kappa shape index (κ3) is 24.6. The van der Waals surface area contributed by atoms with Gasteiger partial charge in [0.1, 0.15) is 9.84 Å². The highest BCUT2D eigenvalue weighted by atomic mass is 32.2. The summed E-state index contributed by atoms with van der Waals surface area (Å²) in [5.74, 6) is 2.35. The fourth-order valence-corrected chi connectivity index (χ4v) is 6.74. The smallest absolute Gasteiger partial charge is 0.150 e. The summed E-state index contributed by atoms with van der Waals surface area (Å²) in [7, 11) is -3.55. The maximum absolute atomic E-state index is 12.1. The fourth-order valence-electron chi connectivity index (χ4n) is 4.00. The van der Waals surface area contributed by atoms with Crippen LogP contribution in [0.3, 0.4) is 0 Å². The fraction of sp³-hybridized carbons (Fsp3) is 1.00. The molecule has 0 fully saturated rings. The largest absolute Gasteiger partial charge is 0.260 e. The van der Waals surface area contributed by atoms with Gasteiger partial charge in [0.15, 0.2) is 0 Å². The van der Waals surface area contributed by atoms with Gasteiger partial charge in [-0.25, -0.2) is 8.42 Å². The Morgan fingerprint density at radius 3 is 1.10 bits per heavy atom. The zero-order chi connectivity index (χ0) is 23.0. The molecule has 0 amide bonds. The quantitative estimate of drug-likeness (QED) is 0.125. The first-order valence-electron chi connectivity index (χ1n) is 13.6. The second kappa shape index (κ2) is 23.3. The van der Waals surface area contributed by atoms with Gasteiger partial charge in [0.05, 0.1) is 11.5 Å². The molecular weight excluding hydrogens is 424 g/mol. The number of sulfone groups is 1. The summed E-state index contributed by atoms with van der Waals surface area (Å²) in [6.45, 7) is 4.47. The summed E-state index contributed by atoms with van der Waals surface area (Å²) in [5, 5.41) is 0. The minimum absolute atomic E-state index is 0.338. The van der Waals surface area contributed by atoms with Gasteiger partial charge in [-0.1, -0.05) is 117 Å². The van der Waals surface area contributed by atoms with Gasteiger partial charge in [-0.15, -0.1) is 0 Å². The van der Waals surface area contributed by atoms with E-state index < -0.39 is 20.6 Å². The summed E-state index contributed by atoms with van der Waals surface area (Å²) in [5.41, 5.74) is 0. The molecule has 0 heterocycles. The van der Waals surface area contributed by atoms with Gasteiger partial charge in [-0.2, -0.15) is 0 Å². The molecule has 0 bridgehead atoms. The first-order valence-corrected chi connectivity index (χ1v) is 16.9. The molecule has 0 aromatic carbocycles. The average molecular weight is 479 g/mol. The Morgan fingerprint density at radius 2 is 0.742 bits per heavy atom. The van der Waals surface area contributed by atoms with Crippen LogP contribution < -0.4 is 0 Å². The van der Waals surface area contributed by atoms with E-state index in [4.69, 9.17) is 0 Å². The topological polar surface area (TPSA) is 51.2 Å². The van der Waals surface area contributed by atoms with Crippen molar-refractivity contribution in [2.45, 2.75) is 142 Å². The van der Waals surface area contributed by atoms with Crippen LogP contribution in [0.4, 0.5) is 0 Å². The van der Waals surface area contributed by atoms with Gasteiger partial charge in [0.25, 0.3) is 0 Å². The number of hydrogen-bond donors (Lipinski definition) is 0. The molecule has 0 aliphatic carbocycles. The second-order valence-electron chi connectivity index (χ2n) is 9.36. The van der Waals surface area contributed by atoms with Crippen molar-refractivity contribution in [2.75, 3.05) is 23.0 Å². The highest BCUT2D eigenvalue weighted by Gasteiger charge is 2.10. The van der Waals surface area contributed by atoms with Gasteiger partial charge in [-0.3, -0.25) is 4.21 Å². The molecule has 0 spiro atoms. The Morgan fingerprint density at radius 1 is 0.452 bits per heavy atom. The van der Waals surface area contributed by atoms with E-state index in [0.29, 0.717) is 11.5 Å². The van der Waals surface area contributed by atoms with Crippen LogP contribution in [0.5, 0.6) is 0 Å². The highest BCUT2D eigenvalue weighted by Crippen LogP contribution is 2.12. The van der Waals surface area contributed by atoms with Crippen LogP contribution in [0.1, 0.15) is 142 Å². The lowest BCUT2D eigenvalue weighted by Gasteiger charge is -2.06. The summed E-state index contributed by atoms with van der Waals surface area (Å²) in [6, 6.07) is 0. The van der Waals surface area contributed by atoms with Gasteiger partial charge in [0.2, 0.25) is 0 Å². The Balaban J connectivity index is 3.44. The second-order valence-corrected chi connectivity index (χ2v) is 13.4. The predicted octanol–water partition coefficient (Wildman–Crippen LogP) is 7.99. The molecule has 5 heteroatoms. The van der Waals surface area contributed by atoms with Crippen LogP contribution in [0.15, 0.2) is 0 Å². The van der Waals surface area contributed by atoms with E-state index in [1.165, 1.54) is 83.5 Å². The maximum atomic E-state index is 12.1. The molecule has 0 radical (unpaired) electrons. The maximum Gasteiger partial charge on any atom is 0.150 e. The number of hydrogen-bond acceptors (Lipinski definition) is 3. The van der Waals surface area contributed by atoms with E-state index in [0.717, 1.165) is 56.5 Å². The molecule has 0 aromatic heterocycles. The molecule has 0 aromatic rings. The molecule has 0 saturated carbocycles.